The Labute approximate surface area is 175 Å². The first-order valence-electron chi connectivity index (χ1n) is 8.88. The summed E-state index contributed by atoms with van der Waals surface area (Å²) in [6, 6.07) is 10.9. The minimum atomic E-state index is -3.03. The first kappa shape index (κ1) is 21.2. The van der Waals surface area contributed by atoms with E-state index in [1.807, 2.05) is 24.3 Å². The molecule has 0 atom stereocenters. The summed E-state index contributed by atoms with van der Waals surface area (Å²) < 4.78 is 34.4. The molecule has 0 aromatic heterocycles. The van der Waals surface area contributed by atoms with Crippen molar-refractivity contribution in [2.75, 3.05) is 19.9 Å². The van der Waals surface area contributed by atoms with Gasteiger partial charge in [0, 0.05) is 35.0 Å². The number of nitrogens with one attached hydrogen (secondary N) is 1. The van der Waals surface area contributed by atoms with Gasteiger partial charge in [-0.1, -0.05) is 35.3 Å². The molecule has 0 heterocycles. The highest BCUT2D eigenvalue weighted by molar-refractivity contribution is 7.92. The molecule has 28 heavy (non-hydrogen) atoms. The molecule has 0 saturated heterocycles. The summed E-state index contributed by atoms with van der Waals surface area (Å²) in [4.78, 5) is 0. The third-order valence-electron chi connectivity index (χ3n) is 5.00. The van der Waals surface area contributed by atoms with Crippen LogP contribution in [-0.4, -0.2) is 33.1 Å². The van der Waals surface area contributed by atoms with E-state index in [0.29, 0.717) is 41.2 Å². The third kappa shape index (κ3) is 4.92. The molecule has 0 radical (unpaired) electrons. The molecule has 2 aromatic rings. The fraction of sp³-hybridized carbons (Fsp3) is 0.400. The van der Waals surface area contributed by atoms with Crippen molar-refractivity contribution in [2.24, 2.45) is 0 Å². The third-order valence-corrected chi connectivity index (χ3v) is 7.71. The normalized spacial score (nSPS) is 15.3. The Morgan fingerprint density at radius 1 is 1.11 bits per heavy atom. The van der Waals surface area contributed by atoms with Crippen molar-refractivity contribution in [3.05, 3.63) is 57.6 Å². The van der Waals surface area contributed by atoms with Crippen molar-refractivity contribution >= 4 is 33.0 Å². The summed E-state index contributed by atoms with van der Waals surface area (Å²) in [7, 11) is -1.45. The van der Waals surface area contributed by atoms with E-state index in [0.717, 1.165) is 24.0 Å². The van der Waals surface area contributed by atoms with E-state index in [2.05, 4.69) is 5.32 Å². The second-order valence-corrected chi connectivity index (χ2v) is 10.3. The Morgan fingerprint density at radius 3 is 2.46 bits per heavy atom. The average Bonchev–Trinajstić information content (AvgIpc) is 3.42. The number of halogens is 2. The van der Waals surface area contributed by atoms with Crippen molar-refractivity contribution in [1.82, 2.24) is 5.32 Å². The van der Waals surface area contributed by atoms with Gasteiger partial charge in [-0.2, -0.15) is 0 Å². The molecule has 1 fully saturated rings. The summed E-state index contributed by atoms with van der Waals surface area (Å²) in [5.41, 5.74) is 1.81. The van der Waals surface area contributed by atoms with Gasteiger partial charge < -0.3 is 14.8 Å². The maximum absolute atomic E-state index is 11.8. The highest BCUT2D eigenvalue weighted by Gasteiger charge is 2.51. The first-order chi connectivity index (χ1) is 13.2. The molecule has 1 aliphatic rings. The lowest BCUT2D eigenvalue weighted by molar-refractivity contribution is 0.284. The maximum atomic E-state index is 11.8. The molecular weight excluding hydrogens is 421 g/mol. The topological polar surface area (TPSA) is 64.6 Å². The highest BCUT2D eigenvalue weighted by Crippen LogP contribution is 2.42. The maximum Gasteiger partial charge on any atom is 0.161 e. The molecular formula is C20H23Cl2NO4S. The van der Waals surface area contributed by atoms with Gasteiger partial charge in [-0.05, 0) is 42.7 Å². The second-order valence-electron chi connectivity index (χ2n) is 7.07. The van der Waals surface area contributed by atoms with E-state index in [4.69, 9.17) is 32.7 Å². The van der Waals surface area contributed by atoms with Gasteiger partial charge in [-0.15, -0.1) is 0 Å². The Balaban J connectivity index is 1.60. The van der Waals surface area contributed by atoms with Gasteiger partial charge in [-0.3, -0.25) is 0 Å². The van der Waals surface area contributed by atoms with Gasteiger partial charge in [0.1, 0.15) is 6.61 Å². The van der Waals surface area contributed by atoms with Crippen LogP contribution in [-0.2, 0) is 23.0 Å². The lowest BCUT2D eigenvalue weighted by atomic mass is 10.2. The Bertz CT molecular complexity index is 959. The quantitative estimate of drug-likeness (QED) is 0.627. The lowest BCUT2D eigenvalue weighted by Gasteiger charge is -2.15. The monoisotopic (exact) mass is 443 g/mol. The smallest absolute Gasteiger partial charge is 0.161 e. The number of ether oxygens (including phenoxy) is 2. The van der Waals surface area contributed by atoms with Crippen LogP contribution in [0.3, 0.4) is 0 Å². The molecule has 8 heteroatoms. The molecule has 0 spiro atoms. The van der Waals surface area contributed by atoms with Crippen molar-refractivity contribution < 1.29 is 17.9 Å². The molecule has 3 rings (SSSR count). The van der Waals surface area contributed by atoms with Crippen LogP contribution < -0.4 is 14.8 Å². The van der Waals surface area contributed by atoms with Gasteiger partial charge in [0.25, 0.3) is 0 Å². The van der Waals surface area contributed by atoms with Gasteiger partial charge in [-0.25, -0.2) is 8.42 Å². The van der Waals surface area contributed by atoms with Gasteiger partial charge >= 0.3 is 0 Å². The molecule has 1 saturated carbocycles. The molecule has 1 aliphatic carbocycles. The van der Waals surface area contributed by atoms with E-state index in [1.165, 1.54) is 6.26 Å². The molecule has 2 aromatic carbocycles. The number of rotatable bonds is 9. The summed E-state index contributed by atoms with van der Waals surface area (Å²) in [5, 5.41) is 4.37. The molecule has 1 N–H and O–H groups in total. The fourth-order valence-electron chi connectivity index (χ4n) is 2.99. The lowest BCUT2D eigenvalue weighted by Crippen LogP contribution is -2.34. The Hall–Kier alpha value is -1.47. The first-order valence-corrected chi connectivity index (χ1v) is 11.5. The van der Waals surface area contributed by atoms with Crippen molar-refractivity contribution in [3.8, 4) is 11.5 Å². The largest absolute Gasteiger partial charge is 0.493 e. The average molecular weight is 444 g/mol. The minimum Gasteiger partial charge on any atom is -0.493 e. The summed E-state index contributed by atoms with van der Waals surface area (Å²) in [5.74, 6) is 1.21. The van der Waals surface area contributed by atoms with E-state index in [9.17, 15) is 8.42 Å². The van der Waals surface area contributed by atoms with Crippen molar-refractivity contribution in [1.29, 1.82) is 0 Å². The molecule has 0 amide bonds. The number of benzene rings is 2. The predicted octanol–water partition coefficient (Wildman–Crippen LogP) is 4.25. The van der Waals surface area contributed by atoms with E-state index < -0.39 is 14.6 Å². The second kappa shape index (κ2) is 8.49. The summed E-state index contributed by atoms with van der Waals surface area (Å²) in [6.07, 6.45) is 2.76. The zero-order valence-corrected chi connectivity index (χ0v) is 18.1. The van der Waals surface area contributed by atoms with Crippen LogP contribution in [0.15, 0.2) is 36.4 Å². The number of hydrogen-bond acceptors (Lipinski definition) is 5. The van der Waals surface area contributed by atoms with Crippen molar-refractivity contribution in [3.63, 3.8) is 0 Å². The zero-order chi connectivity index (χ0) is 20.4. The van der Waals surface area contributed by atoms with Crippen LogP contribution in [0.1, 0.15) is 24.0 Å². The molecule has 0 bridgehead atoms. The van der Waals surface area contributed by atoms with Crippen LogP contribution >= 0.6 is 23.2 Å². The Morgan fingerprint density at radius 2 is 1.86 bits per heavy atom. The molecule has 0 unspecified atom stereocenters. The van der Waals surface area contributed by atoms with Crippen LogP contribution in [0, 0.1) is 0 Å². The summed E-state index contributed by atoms with van der Waals surface area (Å²) in [6.45, 7) is 1.30. The SMILES string of the molecule is COc1cc(CNCC2(S(C)(=O)=O)CC2)ccc1OCc1ccc(Cl)cc1Cl. The van der Waals surface area contributed by atoms with Crippen LogP contribution in [0.2, 0.25) is 10.0 Å². The van der Waals surface area contributed by atoms with Crippen molar-refractivity contribution in [2.45, 2.75) is 30.7 Å². The molecule has 0 aliphatic heterocycles. The molecule has 5 nitrogen and oxygen atoms in total. The van der Waals surface area contributed by atoms with Crippen LogP contribution in [0.5, 0.6) is 11.5 Å². The zero-order valence-electron chi connectivity index (χ0n) is 15.8. The number of hydrogen-bond donors (Lipinski definition) is 1. The summed E-state index contributed by atoms with van der Waals surface area (Å²) >= 11 is 12.1. The Kier molecular flexibility index (Phi) is 6.44. The van der Waals surface area contributed by atoms with E-state index in [1.54, 1.807) is 19.2 Å². The number of methoxy groups -OCH3 is 1. The molecule has 152 valence electrons. The van der Waals surface area contributed by atoms with E-state index in [-0.39, 0.29) is 0 Å². The van der Waals surface area contributed by atoms with Gasteiger partial charge in [0.15, 0.2) is 21.3 Å². The van der Waals surface area contributed by atoms with Gasteiger partial charge in [0.2, 0.25) is 0 Å². The van der Waals surface area contributed by atoms with Crippen LogP contribution in [0.25, 0.3) is 0 Å². The number of sulfone groups is 1. The highest BCUT2D eigenvalue weighted by atomic mass is 35.5. The minimum absolute atomic E-state index is 0.292. The van der Waals surface area contributed by atoms with E-state index >= 15 is 0 Å². The fourth-order valence-corrected chi connectivity index (χ4v) is 4.66. The van der Waals surface area contributed by atoms with Gasteiger partial charge in [0.05, 0.1) is 11.9 Å². The predicted molar refractivity (Wildman–Crippen MR) is 112 cm³/mol. The standard InChI is InChI=1S/C20H23Cl2NO4S/c1-26-19-9-14(11-23-13-20(7-8-20)28(2,24)25)3-6-18(19)27-12-15-4-5-16(21)10-17(15)22/h3-6,9-10,23H,7-8,11-13H2,1-2H3. The van der Waals surface area contributed by atoms with Crippen LogP contribution in [0.4, 0.5) is 0 Å².